The van der Waals surface area contributed by atoms with Gasteiger partial charge in [0.05, 0.1) is 5.69 Å². The number of para-hydroxylation sites is 1. The Morgan fingerprint density at radius 2 is 1.76 bits per heavy atom. The van der Waals surface area contributed by atoms with Crippen LogP contribution in [0.25, 0.3) is 0 Å². The average molecular weight is 228 g/mol. The van der Waals surface area contributed by atoms with Crippen molar-refractivity contribution in [3.8, 4) is 11.5 Å². The lowest BCUT2D eigenvalue weighted by atomic mass is 10.1. The van der Waals surface area contributed by atoms with Gasteiger partial charge in [-0.05, 0) is 43.7 Å². The highest BCUT2D eigenvalue weighted by molar-refractivity contribution is 5.42. The summed E-state index contributed by atoms with van der Waals surface area (Å²) in [7, 11) is 1.50. The lowest BCUT2D eigenvalue weighted by molar-refractivity contribution is 0.476. The molecule has 0 radical (unpaired) electrons. The molecule has 0 unspecified atom stereocenters. The third-order valence-electron chi connectivity index (χ3n) is 2.67. The zero-order valence-electron chi connectivity index (χ0n) is 9.89. The second-order valence-electron chi connectivity index (χ2n) is 3.66. The lowest BCUT2D eigenvalue weighted by Gasteiger charge is -2.06. The molecule has 3 rings (SSSR count). The van der Waals surface area contributed by atoms with Gasteiger partial charge in [0, 0.05) is 6.20 Å². The number of aryl methyl sites for hydroxylation is 2. The van der Waals surface area contributed by atoms with Crippen LogP contribution in [0.1, 0.15) is 11.3 Å². The summed E-state index contributed by atoms with van der Waals surface area (Å²) in [5, 5.41) is 0. The first-order valence-corrected chi connectivity index (χ1v) is 5.71. The van der Waals surface area contributed by atoms with E-state index < -0.39 is 0 Å². The lowest BCUT2D eigenvalue weighted by Crippen LogP contribution is -1.91. The average Bonchev–Trinajstić information content (AvgIpc) is 2.60. The maximum Gasteiger partial charge on any atom is 0.148 e. The van der Waals surface area contributed by atoms with E-state index in [0.717, 1.165) is 30.0 Å². The normalized spacial score (nSPS) is 12.1. The van der Waals surface area contributed by atoms with E-state index in [1.807, 2.05) is 36.5 Å². The van der Waals surface area contributed by atoms with Gasteiger partial charge in [0.25, 0.3) is 0 Å². The van der Waals surface area contributed by atoms with E-state index in [9.17, 15) is 0 Å². The van der Waals surface area contributed by atoms with Crippen molar-refractivity contribution in [2.45, 2.75) is 12.8 Å². The third kappa shape index (κ3) is 2.45. The van der Waals surface area contributed by atoms with E-state index in [0.29, 0.717) is 0 Å². The molecule has 0 saturated heterocycles. The number of fused-ring (bicyclic) bond motifs is 2. The van der Waals surface area contributed by atoms with Crippen molar-refractivity contribution in [1.82, 2.24) is 4.98 Å². The molecule has 1 aromatic carbocycles. The summed E-state index contributed by atoms with van der Waals surface area (Å²) in [6.45, 7) is 0. The Labute approximate surface area is 101 Å². The molecule has 17 heavy (non-hydrogen) atoms. The molecule has 0 amide bonds. The topological polar surface area (TPSA) is 48.1 Å². The third-order valence-corrected chi connectivity index (χ3v) is 2.67. The highest BCUT2D eigenvalue weighted by Gasteiger charge is 2.13. The van der Waals surface area contributed by atoms with Gasteiger partial charge in [-0.25, -0.2) is 0 Å². The number of pyridine rings is 1. The quantitative estimate of drug-likeness (QED) is 0.753. The second kappa shape index (κ2) is 5.46. The van der Waals surface area contributed by atoms with E-state index >= 15 is 0 Å². The molecule has 3 heteroatoms. The molecule has 1 aliphatic rings. The van der Waals surface area contributed by atoms with Crippen LogP contribution < -0.4 is 10.5 Å². The number of ether oxygens (including phenoxy) is 1. The summed E-state index contributed by atoms with van der Waals surface area (Å²) in [4.78, 5) is 4.34. The molecule has 0 atom stereocenters. The Hall–Kier alpha value is -1.87. The van der Waals surface area contributed by atoms with Crippen LogP contribution in [0.5, 0.6) is 11.5 Å². The zero-order valence-corrected chi connectivity index (χ0v) is 9.89. The van der Waals surface area contributed by atoms with Crippen molar-refractivity contribution >= 4 is 0 Å². The van der Waals surface area contributed by atoms with Gasteiger partial charge in [-0.1, -0.05) is 18.2 Å². The first-order chi connectivity index (χ1) is 8.43. The van der Waals surface area contributed by atoms with E-state index in [-0.39, 0.29) is 0 Å². The fraction of sp³-hybridized carbons (Fsp3) is 0.214. The number of nitrogens with two attached hydrogens (primary N) is 1. The van der Waals surface area contributed by atoms with Crippen LogP contribution in [0.3, 0.4) is 0 Å². The number of benzene rings is 1. The summed E-state index contributed by atoms with van der Waals surface area (Å²) in [5.74, 6) is 1.85. The molecule has 0 saturated carbocycles. The van der Waals surface area contributed by atoms with Gasteiger partial charge in [-0.3, -0.25) is 4.98 Å². The summed E-state index contributed by atoms with van der Waals surface area (Å²) < 4.78 is 5.84. The molecule has 0 spiro atoms. The van der Waals surface area contributed by atoms with Crippen LogP contribution in [0.15, 0.2) is 42.6 Å². The molecule has 0 fully saturated rings. The molecule has 2 aromatic rings. The number of nitrogens with zero attached hydrogens (tertiary/aromatic N) is 1. The highest BCUT2D eigenvalue weighted by atomic mass is 16.5. The van der Waals surface area contributed by atoms with Crippen molar-refractivity contribution in [3.63, 3.8) is 0 Å². The van der Waals surface area contributed by atoms with Gasteiger partial charge in [0.2, 0.25) is 0 Å². The smallest absolute Gasteiger partial charge is 0.148 e. The maximum atomic E-state index is 5.84. The number of hydrogen-bond donors (Lipinski definition) is 1. The predicted octanol–water partition coefficient (Wildman–Crippen LogP) is 2.55. The molecule has 2 heterocycles. The van der Waals surface area contributed by atoms with Crippen LogP contribution >= 0.6 is 0 Å². The highest BCUT2D eigenvalue weighted by Crippen LogP contribution is 2.31. The zero-order chi connectivity index (χ0) is 12.1. The van der Waals surface area contributed by atoms with Crippen molar-refractivity contribution in [3.05, 3.63) is 53.9 Å². The van der Waals surface area contributed by atoms with Gasteiger partial charge < -0.3 is 10.5 Å². The second-order valence-corrected chi connectivity index (χ2v) is 3.66. The molecular formula is C14H16N2O. The Kier molecular flexibility index (Phi) is 3.73. The van der Waals surface area contributed by atoms with Crippen molar-refractivity contribution < 1.29 is 4.74 Å². The number of aromatic nitrogens is 1. The Morgan fingerprint density at radius 3 is 2.65 bits per heavy atom. The molecular weight excluding hydrogens is 212 g/mol. The summed E-state index contributed by atoms with van der Waals surface area (Å²) in [5.41, 5.74) is 6.81. The minimum atomic E-state index is 0.891. The Morgan fingerprint density at radius 1 is 1.00 bits per heavy atom. The standard InChI is InChI=1S/C13H11NO.CH5N/c1-2-5-12-10(4-1)7-8-11-13(15-12)6-3-9-14-11;1-2/h1-6,9H,7-8H2;2H2,1H3. The number of rotatable bonds is 0. The molecule has 1 aliphatic heterocycles. The Bertz CT molecular complexity index is 452. The fourth-order valence-corrected chi connectivity index (χ4v) is 1.89. The first kappa shape index (κ1) is 11.6. The minimum Gasteiger partial charge on any atom is -0.455 e. The SMILES string of the molecule is CN.c1ccc2c(c1)CCc1ncccc1O2. The molecule has 2 N–H and O–H groups in total. The number of hydrogen-bond acceptors (Lipinski definition) is 3. The van der Waals surface area contributed by atoms with E-state index in [2.05, 4.69) is 16.8 Å². The van der Waals surface area contributed by atoms with Gasteiger partial charge in [-0.2, -0.15) is 0 Å². The van der Waals surface area contributed by atoms with Gasteiger partial charge in [0.1, 0.15) is 11.5 Å². The molecule has 0 bridgehead atoms. The van der Waals surface area contributed by atoms with Crippen LogP contribution in [0.4, 0.5) is 0 Å². The fourth-order valence-electron chi connectivity index (χ4n) is 1.89. The van der Waals surface area contributed by atoms with Gasteiger partial charge >= 0.3 is 0 Å². The van der Waals surface area contributed by atoms with E-state index in [1.165, 1.54) is 12.6 Å². The minimum absolute atomic E-state index is 0.891. The van der Waals surface area contributed by atoms with Crippen molar-refractivity contribution in [2.75, 3.05) is 7.05 Å². The molecule has 1 aromatic heterocycles. The molecule has 3 nitrogen and oxygen atoms in total. The van der Waals surface area contributed by atoms with E-state index in [4.69, 9.17) is 4.74 Å². The van der Waals surface area contributed by atoms with Crippen molar-refractivity contribution in [2.24, 2.45) is 5.73 Å². The van der Waals surface area contributed by atoms with Crippen LogP contribution in [-0.2, 0) is 12.8 Å². The Balaban J connectivity index is 0.000000514. The van der Waals surface area contributed by atoms with Gasteiger partial charge in [-0.15, -0.1) is 0 Å². The van der Waals surface area contributed by atoms with Crippen LogP contribution in [0, 0.1) is 0 Å². The predicted molar refractivity (Wildman–Crippen MR) is 68.3 cm³/mol. The summed E-state index contributed by atoms with van der Waals surface area (Å²) >= 11 is 0. The first-order valence-electron chi connectivity index (χ1n) is 5.71. The summed E-state index contributed by atoms with van der Waals surface area (Å²) in [6.07, 6.45) is 3.77. The molecule has 0 aliphatic carbocycles. The molecule has 88 valence electrons. The van der Waals surface area contributed by atoms with Gasteiger partial charge in [0.15, 0.2) is 0 Å². The van der Waals surface area contributed by atoms with E-state index in [1.54, 1.807) is 0 Å². The van der Waals surface area contributed by atoms with Crippen LogP contribution in [-0.4, -0.2) is 12.0 Å². The summed E-state index contributed by atoms with van der Waals surface area (Å²) in [6, 6.07) is 12.1. The van der Waals surface area contributed by atoms with Crippen LogP contribution in [0.2, 0.25) is 0 Å². The maximum absolute atomic E-state index is 5.84. The monoisotopic (exact) mass is 228 g/mol. The largest absolute Gasteiger partial charge is 0.455 e. The van der Waals surface area contributed by atoms with Crippen molar-refractivity contribution in [1.29, 1.82) is 0 Å².